The molecule has 6 heteroatoms. The van der Waals surface area contributed by atoms with Crippen molar-refractivity contribution in [3.05, 3.63) is 79.3 Å². The fraction of sp³-hybridized carbons (Fsp3) is 0.292. The number of nitrogens with one attached hydrogen (secondary N) is 1. The van der Waals surface area contributed by atoms with Crippen molar-refractivity contribution in [2.45, 2.75) is 39.5 Å². The van der Waals surface area contributed by atoms with Crippen molar-refractivity contribution >= 4 is 35.4 Å². The van der Waals surface area contributed by atoms with Crippen LogP contribution in [-0.2, 0) is 12.8 Å². The number of benzene rings is 2. The van der Waals surface area contributed by atoms with E-state index in [4.69, 9.17) is 16.6 Å². The minimum atomic E-state index is -0.403. The molecule has 1 aliphatic rings. The van der Waals surface area contributed by atoms with Gasteiger partial charge < -0.3 is 9.88 Å². The standard InChI is InChI=1S/C24H25ClN4O/c1-4-6-18-14-20-21(13-15(18)2)29(12-5-7-17-8-10-19(25)11-9-17)23-22(27-20)16(3)26-24(30)28-23/h8-11,13-14H,3-7,12H2,1-2H3,(H,26,30). The van der Waals surface area contributed by atoms with Gasteiger partial charge in [-0.3, -0.25) is 0 Å². The number of hydrogen-bond acceptors (Lipinski definition) is 4. The maximum atomic E-state index is 12.1. The Balaban J connectivity index is 1.73. The van der Waals surface area contributed by atoms with Crippen molar-refractivity contribution in [2.24, 2.45) is 4.99 Å². The molecule has 1 aromatic heterocycles. The third-order valence-corrected chi connectivity index (χ3v) is 5.71. The second-order valence-corrected chi connectivity index (χ2v) is 8.14. The first-order valence-corrected chi connectivity index (χ1v) is 10.7. The Labute approximate surface area is 180 Å². The first-order chi connectivity index (χ1) is 14.5. The molecule has 1 N–H and O–H groups in total. The predicted octanol–water partition coefficient (Wildman–Crippen LogP) is 4.13. The molecule has 30 heavy (non-hydrogen) atoms. The highest BCUT2D eigenvalue weighted by Crippen LogP contribution is 2.37. The van der Waals surface area contributed by atoms with Crippen molar-refractivity contribution in [1.29, 1.82) is 0 Å². The lowest BCUT2D eigenvalue weighted by atomic mass is 10.0. The fourth-order valence-electron chi connectivity index (χ4n) is 3.93. The van der Waals surface area contributed by atoms with Crippen molar-refractivity contribution in [2.75, 3.05) is 11.4 Å². The highest BCUT2D eigenvalue weighted by molar-refractivity contribution is 6.30. The number of H-pyrrole nitrogens is 1. The summed E-state index contributed by atoms with van der Waals surface area (Å²) < 4.78 is 0. The van der Waals surface area contributed by atoms with Crippen molar-refractivity contribution in [3.63, 3.8) is 0 Å². The van der Waals surface area contributed by atoms with E-state index in [1.165, 1.54) is 16.7 Å². The number of nitrogens with zero attached hydrogens (tertiary/aromatic N) is 3. The molecule has 0 radical (unpaired) electrons. The molecular formula is C24H25ClN4O. The lowest BCUT2D eigenvalue weighted by Crippen LogP contribution is -2.42. The van der Waals surface area contributed by atoms with Gasteiger partial charge in [0.15, 0.2) is 5.82 Å². The fourth-order valence-corrected chi connectivity index (χ4v) is 4.05. The van der Waals surface area contributed by atoms with Crippen LogP contribution < -0.4 is 21.3 Å². The van der Waals surface area contributed by atoms with Gasteiger partial charge in [-0.1, -0.05) is 43.7 Å². The van der Waals surface area contributed by atoms with Gasteiger partial charge in [-0.05, 0) is 67.1 Å². The summed E-state index contributed by atoms with van der Waals surface area (Å²) in [6, 6.07) is 12.3. The normalized spacial score (nSPS) is 12.3. The van der Waals surface area contributed by atoms with Gasteiger partial charge in [0.2, 0.25) is 0 Å². The molecule has 0 saturated carbocycles. The summed E-state index contributed by atoms with van der Waals surface area (Å²) in [4.78, 5) is 25.9. The van der Waals surface area contributed by atoms with E-state index < -0.39 is 5.69 Å². The Hall–Kier alpha value is -2.92. The van der Waals surface area contributed by atoms with Gasteiger partial charge >= 0.3 is 5.69 Å². The van der Waals surface area contributed by atoms with E-state index in [0.29, 0.717) is 16.5 Å². The molecule has 0 amide bonds. The first-order valence-electron chi connectivity index (χ1n) is 10.3. The van der Waals surface area contributed by atoms with Gasteiger partial charge in [0.1, 0.15) is 5.36 Å². The predicted molar refractivity (Wildman–Crippen MR) is 123 cm³/mol. The van der Waals surface area contributed by atoms with Crippen LogP contribution in [0.25, 0.3) is 6.58 Å². The molecule has 0 saturated heterocycles. The smallest absolute Gasteiger partial charge is 0.322 e. The van der Waals surface area contributed by atoms with Crippen LogP contribution in [0.3, 0.4) is 0 Å². The summed E-state index contributed by atoms with van der Waals surface area (Å²) in [6.45, 7) is 9.02. The number of rotatable bonds is 6. The van der Waals surface area contributed by atoms with E-state index in [0.717, 1.165) is 48.6 Å². The molecule has 3 aromatic rings. The van der Waals surface area contributed by atoms with Crippen molar-refractivity contribution in [1.82, 2.24) is 9.97 Å². The van der Waals surface area contributed by atoms with Crippen molar-refractivity contribution < 1.29 is 0 Å². The van der Waals surface area contributed by atoms with Crippen LogP contribution in [0.2, 0.25) is 5.02 Å². The number of anilines is 2. The van der Waals surface area contributed by atoms with Gasteiger partial charge in [0.05, 0.1) is 16.7 Å². The van der Waals surface area contributed by atoms with Crippen LogP contribution in [0.4, 0.5) is 17.2 Å². The molecule has 4 rings (SSSR count). The van der Waals surface area contributed by atoms with E-state index in [1.807, 2.05) is 24.3 Å². The highest BCUT2D eigenvalue weighted by atomic mass is 35.5. The summed E-state index contributed by atoms with van der Waals surface area (Å²) in [5.41, 5.74) is 5.26. The zero-order chi connectivity index (χ0) is 21.3. The Kier molecular flexibility index (Phi) is 5.73. The zero-order valence-corrected chi connectivity index (χ0v) is 18.1. The molecule has 0 aliphatic carbocycles. The monoisotopic (exact) mass is 420 g/mol. The summed E-state index contributed by atoms with van der Waals surface area (Å²) in [5, 5.41) is 1.87. The quantitative estimate of drug-likeness (QED) is 0.652. The molecule has 0 unspecified atom stereocenters. The Bertz CT molecular complexity index is 1250. The summed E-state index contributed by atoms with van der Waals surface area (Å²) in [7, 11) is 0. The molecule has 0 spiro atoms. The van der Waals surface area contributed by atoms with Crippen LogP contribution in [0.15, 0.2) is 46.2 Å². The molecule has 154 valence electrons. The third-order valence-electron chi connectivity index (χ3n) is 5.45. The Morgan fingerprint density at radius 1 is 1.17 bits per heavy atom. The molecule has 0 bridgehead atoms. The molecular weight excluding hydrogens is 396 g/mol. The van der Waals surface area contributed by atoms with Gasteiger partial charge in [-0.2, -0.15) is 4.98 Å². The first kappa shape index (κ1) is 20.4. The SMILES string of the molecule is C=c1[nH]c(=O)nc2c1=Nc1cc(CCC)c(C)cc1N2CCCc1ccc(Cl)cc1. The maximum absolute atomic E-state index is 12.1. The Morgan fingerprint density at radius 3 is 2.67 bits per heavy atom. The number of aromatic nitrogens is 2. The second kappa shape index (κ2) is 8.44. The number of aryl methyl sites for hydroxylation is 3. The number of fused-ring (bicyclic) bond motifs is 2. The number of hydrogen-bond donors (Lipinski definition) is 1. The second-order valence-electron chi connectivity index (χ2n) is 7.70. The largest absolute Gasteiger partial charge is 0.347 e. The summed E-state index contributed by atoms with van der Waals surface area (Å²) >= 11 is 5.99. The van der Waals surface area contributed by atoms with E-state index >= 15 is 0 Å². The third kappa shape index (κ3) is 4.03. The van der Waals surface area contributed by atoms with Crippen molar-refractivity contribution in [3.8, 4) is 0 Å². The average molecular weight is 421 g/mol. The van der Waals surface area contributed by atoms with Crippen LogP contribution >= 0.6 is 11.6 Å². The average Bonchev–Trinajstić information content (AvgIpc) is 2.71. The molecule has 0 atom stereocenters. The molecule has 0 fully saturated rings. The lowest BCUT2D eigenvalue weighted by molar-refractivity contribution is 0.783. The van der Waals surface area contributed by atoms with Crippen LogP contribution in [-0.4, -0.2) is 16.5 Å². The van der Waals surface area contributed by atoms with E-state index in [1.54, 1.807) is 0 Å². The zero-order valence-electron chi connectivity index (χ0n) is 17.3. The molecule has 1 aliphatic heterocycles. The molecule has 5 nitrogen and oxygen atoms in total. The number of aromatic amines is 1. The topological polar surface area (TPSA) is 61.4 Å². The summed E-state index contributed by atoms with van der Waals surface area (Å²) in [5.74, 6) is 0.579. The van der Waals surface area contributed by atoms with E-state index in [9.17, 15) is 4.79 Å². The number of halogens is 1. The van der Waals surface area contributed by atoms with E-state index in [2.05, 4.69) is 47.4 Å². The lowest BCUT2D eigenvalue weighted by Gasteiger charge is -2.29. The maximum Gasteiger partial charge on any atom is 0.347 e. The van der Waals surface area contributed by atoms with E-state index in [-0.39, 0.29) is 0 Å². The minimum absolute atomic E-state index is 0.403. The highest BCUT2D eigenvalue weighted by Gasteiger charge is 2.23. The Morgan fingerprint density at radius 2 is 1.93 bits per heavy atom. The summed E-state index contributed by atoms with van der Waals surface area (Å²) in [6.07, 6.45) is 3.90. The van der Waals surface area contributed by atoms with Crippen LogP contribution in [0, 0.1) is 6.92 Å². The van der Waals surface area contributed by atoms with Gasteiger partial charge in [0, 0.05) is 11.6 Å². The van der Waals surface area contributed by atoms with Gasteiger partial charge in [-0.25, -0.2) is 9.79 Å². The van der Waals surface area contributed by atoms with Crippen LogP contribution in [0.1, 0.15) is 36.5 Å². The minimum Gasteiger partial charge on any atom is -0.322 e. The van der Waals surface area contributed by atoms with Gasteiger partial charge in [-0.15, -0.1) is 0 Å². The van der Waals surface area contributed by atoms with Crippen LogP contribution in [0.5, 0.6) is 0 Å². The van der Waals surface area contributed by atoms with Gasteiger partial charge in [0.25, 0.3) is 0 Å². The molecule has 2 heterocycles. The molecule has 2 aromatic carbocycles.